The van der Waals surface area contributed by atoms with Crippen molar-refractivity contribution in [2.45, 2.75) is 19.8 Å². The summed E-state index contributed by atoms with van der Waals surface area (Å²) in [5, 5.41) is 2.61. The maximum Gasteiger partial charge on any atom is 0.290 e. The van der Waals surface area contributed by atoms with Gasteiger partial charge in [0.25, 0.3) is 11.1 Å². The lowest BCUT2D eigenvalue weighted by Crippen LogP contribution is -2.18. The van der Waals surface area contributed by atoms with Crippen molar-refractivity contribution in [1.82, 2.24) is 5.32 Å². The third-order valence-electron chi connectivity index (χ3n) is 6.22. The Morgan fingerprint density at radius 1 is 1.03 bits per heavy atom. The minimum atomic E-state index is -1.07. The Morgan fingerprint density at radius 2 is 1.82 bits per heavy atom. The molecule has 6 nitrogen and oxygen atoms in total. The number of rotatable bonds is 7. The van der Waals surface area contributed by atoms with Gasteiger partial charge in [0.1, 0.15) is 5.58 Å². The fourth-order valence-corrected chi connectivity index (χ4v) is 5.21. The van der Waals surface area contributed by atoms with Gasteiger partial charge in [-0.25, -0.2) is 8.78 Å². The van der Waals surface area contributed by atoms with Crippen molar-refractivity contribution in [3.8, 4) is 17.1 Å². The highest BCUT2D eigenvalue weighted by Crippen LogP contribution is 2.34. The summed E-state index contributed by atoms with van der Waals surface area (Å²) in [6.45, 7) is 1.87. The van der Waals surface area contributed by atoms with Gasteiger partial charge in [-0.2, -0.15) is 0 Å². The molecular weight excluding hydrogens is 548 g/mol. The molecule has 1 aliphatic heterocycles. The summed E-state index contributed by atoms with van der Waals surface area (Å²) in [4.78, 5) is 37.0. The minimum absolute atomic E-state index is 0.01000. The quantitative estimate of drug-likeness (QED) is 0.189. The maximum absolute atomic E-state index is 14.0. The lowest BCUT2D eigenvalue weighted by atomic mass is 10.0. The van der Waals surface area contributed by atoms with Crippen LogP contribution in [0.4, 0.5) is 13.6 Å². The van der Waals surface area contributed by atoms with Crippen molar-refractivity contribution < 1.29 is 27.5 Å². The van der Waals surface area contributed by atoms with E-state index < -0.39 is 28.2 Å². The zero-order chi connectivity index (χ0) is 27.7. The van der Waals surface area contributed by atoms with Crippen LogP contribution >= 0.6 is 23.4 Å². The number of fused-ring (bicyclic) bond motifs is 1. The van der Waals surface area contributed by atoms with Crippen LogP contribution in [0, 0.1) is 11.6 Å². The van der Waals surface area contributed by atoms with Crippen molar-refractivity contribution in [2.75, 3.05) is 6.61 Å². The number of para-hydroxylation sites is 1. The van der Waals surface area contributed by atoms with Gasteiger partial charge in [-0.15, -0.1) is 0 Å². The number of nitrogens with one attached hydrogen (secondary N) is 1. The fourth-order valence-electron chi connectivity index (χ4n) is 4.20. The predicted octanol–water partition coefficient (Wildman–Crippen LogP) is 7.12. The van der Waals surface area contributed by atoms with Crippen LogP contribution in [0.1, 0.15) is 24.5 Å². The zero-order valence-corrected chi connectivity index (χ0v) is 22.1. The summed E-state index contributed by atoms with van der Waals surface area (Å²) >= 11 is 7.35. The van der Waals surface area contributed by atoms with E-state index in [1.807, 2.05) is 12.1 Å². The first-order valence-corrected chi connectivity index (χ1v) is 13.1. The molecule has 10 heteroatoms. The number of ether oxygens (including phenoxy) is 1. The summed E-state index contributed by atoms with van der Waals surface area (Å²) in [5.41, 5.74) is 2.24. The second kappa shape index (κ2) is 11.0. The Balaban J connectivity index is 1.34. The second-order valence-electron chi connectivity index (χ2n) is 8.77. The lowest BCUT2D eigenvalue weighted by molar-refractivity contribution is -0.115. The standard InChI is InChI=1S/C29H20ClF2NO5S/c1-15(27-28(35)33-29(36)39-27)17-9-8-16(20(30)13-17)5-4-12-37-26-24(34)19-6-2-3-7-23(19)38-25(26)18-10-11-21(31)22(32)14-18/h2-3,6-11,13-14H,4-5,12H2,1H3,(H,33,35,36). The van der Waals surface area contributed by atoms with E-state index in [9.17, 15) is 23.2 Å². The number of amides is 2. The van der Waals surface area contributed by atoms with Gasteiger partial charge in [0.15, 0.2) is 17.4 Å². The molecular formula is C29H20ClF2NO5S. The first kappa shape index (κ1) is 26.6. The SMILES string of the molecule is CC(=C1SC(=O)NC1=O)c1ccc(CCCOc2c(-c3ccc(F)c(F)c3)oc3ccccc3c2=O)c(Cl)c1. The van der Waals surface area contributed by atoms with Crippen molar-refractivity contribution in [3.05, 3.63) is 104 Å². The molecule has 2 amide bonds. The molecule has 0 saturated carbocycles. The summed E-state index contributed by atoms with van der Waals surface area (Å²) in [5.74, 6) is -2.60. The molecule has 1 aromatic heterocycles. The number of imide groups is 1. The van der Waals surface area contributed by atoms with Crippen molar-refractivity contribution in [3.63, 3.8) is 0 Å². The van der Waals surface area contributed by atoms with Crippen LogP contribution in [-0.2, 0) is 11.2 Å². The van der Waals surface area contributed by atoms with Crippen molar-refractivity contribution in [2.24, 2.45) is 0 Å². The summed E-state index contributed by atoms with van der Waals surface area (Å²) in [7, 11) is 0. The van der Waals surface area contributed by atoms with Crippen LogP contribution in [-0.4, -0.2) is 17.8 Å². The van der Waals surface area contributed by atoms with Gasteiger partial charge in [0.2, 0.25) is 11.2 Å². The number of allylic oxidation sites excluding steroid dienone is 1. The average molecular weight is 568 g/mol. The number of carbonyl (C=O) groups excluding carboxylic acids is 2. The first-order chi connectivity index (χ1) is 18.7. The molecule has 0 atom stereocenters. The molecule has 0 spiro atoms. The van der Waals surface area contributed by atoms with Crippen LogP contribution < -0.4 is 15.5 Å². The molecule has 1 saturated heterocycles. The van der Waals surface area contributed by atoms with Crippen molar-refractivity contribution in [1.29, 1.82) is 0 Å². The maximum atomic E-state index is 14.0. The van der Waals surface area contributed by atoms with E-state index in [-0.39, 0.29) is 23.7 Å². The van der Waals surface area contributed by atoms with Crippen LogP contribution in [0.3, 0.4) is 0 Å². The number of hydrogen-bond acceptors (Lipinski definition) is 6. The van der Waals surface area contributed by atoms with E-state index in [2.05, 4.69) is 5.32 Å². The molecule has 39 heavy (non-hydrogen) atoms. The topological polar surface area (TPSA) is 85.6 Å². The van der Waals surface area contributed by atoms with Crippen LogP contribution in [0.15, 0.2) is 74.8 Å². The number of hydrogen-bond donors (Lipinski definition) is 1. The van der Waals surface area contributed by atoms with Crippen LogP contribution in [0.25, 0.3) is 27.9 Å². The Labute approximate surface area is 230 Å². The first-order valence-electron chi connectivity index (χ1n) is 11.9. The van der Waals surface area contributed by atoms with E-state index in [4.69, 9.17) is 20.8 Å². The number of aryl methyl sites for hydroxylation is 1. The van der Waals surface area contributed by atoms with E-state index in [1.165, 1.54) is 6.07 Å². The molecule has 3 aromatic carbocycles. The minimum Gasteiger partial charge on any atom is -0.486 e. The normalized spacial score (nSPS) is 14.6. The fraction of sp³-hybridized carbons (Fsp3) is 0.138. The van der Waals surface area contributed by atoms with Gasteiger partial charge < -0.3 is 9.15 Å². The molecule has 0 aliphatic carbocycles. The van der Waals surface area contributed by atoms with Gasteiger partial charge >= 0.3 is 0 Å². The van der Waals surface area contributed by atoms with Gasteiger partial charge in [-0.05, 0) is 84.6 Å². The Hall–Kier alpha value is -3.95. The molecule has 4 aromatic rings. The highest BCUT2D eigenvalue weighted by atomic mass is 35.5. The van der Waals surface area contributed by atoms with E-state index in [0.717, 1.165) is 35.0 Å². The van der Waals surface area contributed by atoms with Gasteiger partial charge in [0.05, 0.1) is 16.9 Å². The van der Waals surface area contributed by atoms with Crippen LogP contribution in [0.2, 0.25) is 5.02 Å². The summed E-state index contributed by atoms with van der Waals surface area (Å²) in [6.07, 6.45) is 0.997. The molecule has 1 fully saturated rings. The van der Waals surface area contributed by atoms with Gasteiger partial charge in [-0.1, -0.05) is 35.9 Å². The molecule has 198 valence electrons. The number of thioether (sulfide) groups is 1. The highest BCUT2D eigenvalue weighted by Gasteiger charge is 2.27. The Morgan fingerprint density at radius 3 is 2.54 bits per heavy atom. The smallest absolute Gasteiger partial charge is 0.290 e. The molecule has 1 N–H and O–H groups in total. The van der Waals surface area contributed by atoms with Gasteiger partial charge in [-0.3, -0.25) is 19.7 Å². The number of carbonyl (C=O) groups is 2. The van der Waals surface area contributed by atoms with Crippen molar-refractivity contribution >= 4 is 51.1 Å². The molecule has 0 radical (unpaired) electrons. The molecule has 0 bridgehead atoms. The van der Waals surface area contributed by atoms with E-state index >= 15 is 0 Å². The zero-order valence-electron chi connectivity index (χ0n) is 20.5. The number of halogens is 3. The highest BCUT2D eigenvalue weighted by molar-refractivity contribution is 8.18. The number of benzene rings is 3. The second-order valence-corrected chi connectivity index (χ2v) is 10.2. The van der Waals surface area contributed by atoms with Crippen LogP contribution in [0.5, 0.6) is 5.75 Å². The molecule has 1 aliphatic rings. The third kappa shape index (κ3) is 5.46. The molecule has 0 unspecified atom stereocenters. The van der Waals surface area contributed by atoms with E-state index in [1.54, 1.807) is 37.3 Å². The third-order valence-corrected chi connectivity index (χ3v) is 7.55. The largest absolute Gasteiger partial charge is 0.486 e. The Kier molecular flexibility index (Phi) is 7.54. The summed E-state index contributed by atoms with van der Waals surface area (Å²) in [6, 6.07) is 15.2. The predicted molar refractivity (Wildman–Crippen MR) is 147 cm³/mol. The van der Waals surface area contributed by atoms with Gasteiger partial charge in [0, 0.05) is 10.6 Å². The van der Waals surface area contributed by atoms with E-state index in [0.29, 0.717) is 39.3 Å². The molecule has 5 rings (SSSR count). The monoisotopic (exact) mass is 567 g/mol. The average Bonchev–Trinajstić information content (AvgIpc) is 3.26. The summed E-state index contributed by atoms with van der Waals surface area (Å²) < 4.78 is 39.2. The molecule has 2 heterocycles. The Bertz CT molecular complexity index is 1730. The lowest BCUT2D eigenvalue weighted by Gasteiger charge is -2.13.